The van der Waals surface area contributed by atoms with Crippen molar-refractivity contribution in [2.75, 3.05) is 13.1 Å². The van der Waals surface area contributed by atoms with E-state index in [2.05, 4.69) is 56.0 Å². The molecule has 1 fully saturated rings. The van der Waals surface area contributed by atoms with E-state index in [9.17, 15) is 0 Å². The minimum Gasteiger partial charge on any atom is -0.360 e. The second-order valence-corrected chi connectivity index (χ2v) is 6.72. The van der Waals surface area contributed by atoms with Gasteiger partial charge >= 0.3 is 0 Å². The first kappa shape index (κ1) is 14.1. The van der Waals surface area contributed by atoms with E-state index >= 15 is 0 Å². The number of hydrogen-bond acceptors (Lipinski definition) is 1. The van der Waals surface area contributed by atoms with Crippen LogP contribution in [0.5, 0.6) is 0 Å². The Kier molecular flexibility index (Phi) is 4.28. The van der Waals surface area contributed by atoms with Gasteiger partial charge in [-0.2, -0.15) is 0 Å². The van der Waals surface area contributed by atoms with Gasteiger partial charge in [0.15, 0.2) is 0 Å². The van der Waals surface area contributed by atoms with E-state index in [0.717, 1.165) is 24.8 Å². The van der Waals surface area contributed by atoms with E-state index < -0.39 is 0 Å². The highest BCUT2D eigenvalue weighted by Crippen LogP contribution is 2.25. The number of amidine groups is 1. The minimum absolute atomic E-state index is 0.0216. The number of nitrogens with one attached hydrogen (secondary N) is 1. The van der Waals surface area contributed by atoms with Gasteiger partial charge in [0.05, 0.1) is 0 Å². The summed E-state index contributed by atoms with van der Waals surface area (Å²) >= 11 is 0. The van der Waals surface area contributed by atoms with E-state index in [1.165, 1.54) is 24.8 Å². The largest absolute Gasteiger partial charge is 0.360 e. The predicted octanol–water partition coefficient (Wildman–Crippen LogP) is 3.96. The molecular weight excluding hydrogens is 232 g/mol. The summed E-state index contributed by atoms with van der Waals surface area (Å²) in [4.78, 5) is 2.27. The third-order valence-corrected chi connectivity index (χ3v) is 4.01. The maximum Gasteiger partial charge on any atom is 0.101 e. The molecule has 0 spiro atoms. The van der Waals surface area contributed by atoms with E-state index in [1.807, 2.05) is 0 Å². The summed E-state index contributed by atoms with van der Waals surface area (Å²) in [5.74, 6) is 1.58. The standard InChI is InChI=1S/C17H26N2/c1-17(2,3)16(18)19-11-9-15(10-12-19)13-14-7-5-4-6-8-14/h4-8,15,18H,9-13H2,1-3H3. The fourth-order valence-corrected chi connectivity index (χ4v) is 2.78. The molecule has 1 aliphatic heterocycles. The van der Waals surface area contributed by atoms with Gasteiger partial charge in [-0.1, -0.05) is 51.1 Å². The van der Waals surface area contributed by atoms with Crippen LogP contribution in [0.4, 0.5) is 0 Å². The Balaban J connectivity index is 1.85. The van der Waals surface area contributed by atoms with Crippen LogP contribution >= 0.6 is 0 Å². The topological polar surface area (TPSA) is 27.1 Å². The molecule has 0 radical (unpaired) electrons. The fraction of sp³-hybridized carbons (Fsp3) is 0.588. The molecule has 2 rings (SSSR count). The quantitative estimate of drug-likeness (QED) is 0.631. The molecule has 1 aromatic rings. The van der Waals surface area contributed by atoms with E-state index in [1.54, 1.807) is 0 Å². The highest BCUT2D eigenvalue weighted by atomic mass is 15.2. The summed E-state index contributed by atoms with van der Waals surface area (Å²) in [5.41, 5.74) is 1.43. The van der Waals surface area contributed by atoms with Gasteiger partial charge in [-0.15, -0.1) is 0 Å². The molecule has 0 aromatic heterocycles. The normalized spacial score (nSPS) is 17.5. The van der Waals surface area contributed by atoms with Crippen LogP contribution in [0.15, 0.2) is 30.3 Å². The SMILES string of the molecule is CC(C)(C)C(=N)N1CCC(Cc2ccccc2)CC1. The first-order valence-electron chi connectivity index (χ1n) is 7.35. The number of benzene rings is 1. The molecule has 0 aliphatic carbocycles. The Hall–Kier alpha value is -1.31. The molecule has 2 nitrogen and oxygen atoms in total. The van der Waals surface area contributed by atoms with Crippen LogP contribution in [0, 0.1) is 16.7 Å². The van der Waals surface area contributed by atoms with Gasteiger partial charge in [-0.3, -0.25) is 5.41 Å². The van der Waals surface area contributed by atoms with Gasteiger partial charge in [-0.05, 0) is 30.7 Å². The van der Waals surface area contributed by atoms with Crippen LogP contribution < -0.4 is 0 Å². The number of likely N-dealkylation sites (tertiary alicyclic amines) is 1. The van der Waals surface area contributed by atoms with Crippen molar-refractivity contribution in [3.8, 4) is 0 Å². The first-order valence-corrected chi connectivity index (χ1v) is 7.35. The number of hydrogen-bond donors (Lipinski definition) is 1. The molecule has 1 aromatic carbocycles. The van der Waals surface area contributed by atoms with Crippen molar-refractivity contribution in [3.05, 3.63) is 35.9 Å². The van der Waals surface area contributed by atoms with Crippen LogP contribution in [0.3, 0.4) is 0 Å². The fourth-order valence-electron chi connectivity index (χ4n) is 2.78. The lowest BCUT2D eigenvalue weighted by atomic mass is 9.87. The van der Waals surface area contributed by atoms with Crippen LogP contribution in [-0.2, 0) is 6.42 Å². The summed E-state index contributed by atoms with van der Waals surface area (Å²) in [7, 11) is 0. The van der Waals surface area contributed by atoms with Gasteiger partial charge in [0.25, 0.3) is 0 Å². The molecule has 0 unspecified atom stereocenters. The lowest BCUT2D eigenvalue weighted by Gasteiger charge is -2.38. The average molecular weight is 258 g/mol. The van der Waals surface area contributed by atoms with Gasteiger partial charge in [0.2, 0.25) is 0 Å². The summed E-state index contributed by atoms with van der Waals surface area (Å²) < 4.78 is 0. The number of rotatable bonds is 2. The van der Waals surface area contributed by atoms with Crippen molar-refractivity contribution < 1.29 is 0 Å². The maximum absolute atomic E-state index is 8.25. The molecule has 0 bridgehead atoms. The van der Waals surface area contributed by atoms with Crippen LogP contribution in [0.2, 0.25) is 0 Å². The number of piperidine rings is 1. The monoisotopic (exact) mass is 258 g/mol. The zero-order valence-corrected chi connectivity index (χ0v) is 12.4. The third-order valence-electron chi connectivity index (χ3n) is 4.01. The third kappa shape index (κ3) is 3.82. The van der Waals surface area contributed by atoms with Crippen molar-refractivity contribution >= 4 is 5.84 Å². The maximum atomic E-state index is 8.25. The van der Waals surface area contributed by atoms with Gasteiger partial charge in [0, 0.05) is 18.5 Å². The molecule has 0 amide bonds. The molecule has 1 aliphatic rings. The molecule has 0 saturated carbocycles. The van der Waals surface area contributed by atoms with E-state index in [4.69, 9.17) is 5.41 Å². The molecule has 19 heavy (non-hydrogen) atoms. The predicted molar refractivity (Wildman–Crippen MR) is 81.6 cm³/mol. The second kappa shape index (κ2) is 5.77. The van der Waals surface area contributed by atoms with E-state index in [0.29, 0.717) is 0 Å². The van der Waals surface area contributed by atoms with Crippen molar-refractivity contribution in [2.24, 2.45) is 11.3 Å². The van der Waals surface area contributed by atoms with Crippen LogP contribution in [0.25, 0.3) is 0 Å². The first-order chi connectivity index (χ1) is 8.97. The molecule has 1 saturated heterocycles. The van der Waals surface area contributed by atoms with Gasteiger partial charge in [-0.25, -0.2) is 0 Å². The highest BCUT2D eigenvalue weighted by molar-refractivity contribution is 5.84. The average Bonchev–Trinajstić information content (AvgIpc) is 2.39. The van der Waals surface area contributed by atoms with Gasteiger partial charge < -0.3 is 4.90 Å². The molecule has 2 heteroatoms. The summed E-state index contributed by atoms with van der Waals surface area (Å²) in [5, 5.41) is 8.25. The van der Waals surface area contributed by atoms with E-state index in [-0.39, 0.29) is 5.41 Å². The molecular formula is C17H26N2. The Bertz CT molecular complexity index is 409. The summed E-state index contributed by atoms with van der Waals surface area (Å²) in [6, 6.07) is 10.8. The van der Waals surface area contributed by atoms with Crippen molar-refractivity contribution in [1.82, 2.24) is 4.90 Å². The molecule has 104 valence electrons. The minimum atomic E-state index is -0.0216. The Morgan fingerprint density at radius 3 is 2.26 bits per heavy atom. The number of nitrogens with zero attached hydrogens (tertiary/aromatic N) is 1. The lowest BCUT2D eigenvalue weighted by Crippen LogP contribution is -2.43. The van der Waals surface area contributed by atoms with Crippen molar-refractivity contribution in [2.45, 2.75) is 40.0 Å². The van der Waals surface area contributed by atoms with Crippen molar-refractivity contribution in [3.63, 3.8) is 0 Å². The molecule has 1 heterocycles. The summed E-state index contributed by atoms with van der Waals surface area (Å²) in [6.07, 6.45) is 3.62. The van der Waals surface area contributed by atoms with Crippen molar-refractivity contribution in [1.29, 1.82) is 5.41 Å². The smallest absolute Gasteiger partial charge is 0.101 e. The lowest BCUT2D eigenvalue weighted by molar-refractivity contribution is 0.247. The summed E-state index contributed by atoms with van der Waals surface area (Å²) in [6.45, 7) is 8.49. The highest BCUT2D eigenvalue weighted by Gasteiger charge is 2.27. The zero-order valence-electron chi connectivity index (χ0n) is 12.4. The van der Waals surface area contributed by atoms with Crippen LogP contribution in [0.1, 0.15) is 39.2 Å². The Morgan fingerprint density at radius 2 is 1.74 bits per heavy atom. The van der Waals surface area contributed by atoms with Crippen LogP contribution in [-0.4, -0.2) is 23.8 Å². The molecule has 0 atom stereocenters. The second-order valence-electron chi connectivity index (χ2n) is 6.72. The molecule has 1 N–H and O–H groups in total. The Morgan fingerprint density at radius 1 is 1.16 bits per heavy atom. The zero-order chi connectivity index (χ0) is 13.9. The Labute approximate surface area is 117 Å². The van der Waals surface area contributed by atoms with Gasteiger partial charge in [0.1, 0.15) is 5.84 Å².